The molecule has 1 amide bonds. The summed E-state index contributed by atoms with van der Waals surface area (Å²) in [4.78, 5) is 16.1. The summed E-state index contributed by atoms with van der Waals surface area (Å²) in [6.07, 6.45) is 1.59. The van der Waals surface area contributed by atoms with Crippen molar-refractivity contribution in [3.8, 4) is 17.0 Å². The number of methoxy groups -OCH3 is 1. The first-order valence-electron chi connectivity index (χ1n) is 8.28. The van der Waals surface area contributed by atoms with Crippen molar-refractivity contribution in [2.45, 2.75) is 13.5 Å². The highest BCUT2D eigenvalue weighted by Gasteiger charge is 2.11. The topological polar surface area (TPSA) is 89.3 Å². The molecule has 3 rings (SSSR count). The summed E-state index contributed by atoms with van der Waals surface area (Å²) in [7, 11) is 1.62. The Morgan fingerprint density at radius 1 is 1.23 bits per heavy atom. The fraction of sp³-hybridized carbons (Fsp3) is 0.211. The first-order chi connectivity index (χ1) is 12.7. The lowest BCUT2D eigenvalue weighted by Gasteiger charge is -2.06. The van der Waals surface area contributed by atoms with Crippen LogP contribution in [0.15, 0.2) is 53.2 Å². The Labute approximate surface area is 151 Å². The fourth-order valence-electron chi connectivity index (χ4n) is 2.49. The molecule has 0 fully saturated rings. The number of carbonyl (C=O) groups excluding carboxylic acids is 1. The number of pyridine rings is 1. The maximum Gasteiger partial charge on any atom is 0.251 e. The molecular formula is C19H20N4O3. The van der Waals surface area contributed by atoms with Crippen LogP contribution in [-0.2, 0) is 6.54 Å². The Balaban J connectivity index is 1.69. The minimum atomic E-state index is -0.129. The van der Waals surface area contributed by atoms with Crippen molar-refractivity contribution in [1.29, 1.82) is 0 Å². The lowest BCUT2D eigenvalue weighted by Crippen LogP contribution is -2.22. The predicted molar refractivity (Wildman–Crippen MR) is 98.1 cm³/mol. The number of hydrogen-bond donors (Lipinski definition) is 2. The first kappa shape index (κ1) is 17.5. The summed E-state index contributed by atoms with van der Waals surface area (Å²) in [5.41, 5.74) is 2.11. The number of rotatable bonds is 7. The number of nitrogens with zero attached hydrogens (tertiary/aromatic N) is 2. The van der Waals surface area contributed by atoms with E-state index in [1.54, 1.807) is 25.4 Å². The van der Waals surface area contributed by atoms with Crippen molar-refractivity contribution < 1.29 is 14.1 Å². The number of benzene rings is 1. The van der Waals surface area contributed by atoms with Crippen LogP contribution in [0.5, 0.6) is 5.75 Å². The van der Waals surface area contributed by atoms with Gasteiger partial charge in [0.25, 0.3) is 5.91 Å². The van der Waals surface area contributed by atoms with Crippen LogP contribution in [0, 0.1) is 0 Å². The molecule has 2 aromatic heterocycles. The molecule has 0 aliphatic carbocycles. The molecule has 0 saturated heterocycles. The van der Waals surface area contributed by atoms with Gasteiger partial charge in [0.2, 0.25) is 0 Å². The molecule has 7 nitrogen and oxygen atoms in total. The van der Waals surface area contributed by atoms with Crippen molar-refractivity contribution in [2.24, 2.45) is 0 Å². The standard InChI is InChI=1S/C19H20N4O3/c1-3-20-19(24)13-8-9-21-18(10-13)22-12-14-11-16(23-26-14)15-6-4-5-7-17(15)25-2/h4-11H,3,12H2,1-2H3,(H,20,24)(H,21,22). The van der Waals surface area contributed by atoms with E-state index in [1.807, 2.05) is 37.3 Å². The SMILES string of the molecule is CCNC(=O)c1ccnc(NCc2cc(-c3ccccc3OC)no2)c1. The first-order valence-corrected chi connectivity index (χ1v) is 8.28. The average molecular weight is 352 g/mol. The van der Waals surface area contributed by atoms with Gasteiger partial charge < -0.3 is 19.9 Å². The minimum absolute atomic E-state index is 0.129. The van der Waals surface area contributed by atoms with Crippen LogP contribution in [-0.4, -0.2) is 29.7 Å². The van der Waals surface area contributed by atoms with Crippen LogP contribution in [0.25, 0.3) is 11.3 Å². The molecular weight excluding hydrogens is 332 g/mol. The third kappa shape index (κ3) is 4.00. The van der Waals surface area contributed by atoms with Gasteiger partial charge in [-0.1, -0.05) is 17.3 Å². The van der Waals surface area contributed by atoms with E-state index in [2.05, 4.69) is 20.8 Å². The zero-order valence-electron chi connectivity index (χ0n) is 14.7. The number of anilines is 1. The average Bonchev–Trinajstić information content (AvgIpc) is 3.15. The molecule has 2 heterocycles. The monoisotopic (exact) mass is 352 g/mol. The third-order valence-electron chi connectivity index (χ3n) is 3.75. The molecule has 0 atom stereocenters. The second-order valence-electron chi connectivity index (χ2n) is 5.52. The molecule has 1 aromatic carbocycles. The smallest absolute Gasteiger partial charge is 0.251 e. The second-order valence-corrected chi connectivity index (χ2v) is 5.52. The Bertz CT molecular complexity index is 892. The van der Waals surface area contributed by atoms with Crippen molar-refractivity contribution in [2.75, 3.05) is 19.0 Å². The quantitative estimate of drug-likeness (QED) is 0.679. The Hall–Kier alpha value is -3.35. The number of para-hydroxylation sites is 1. The maximum atomic E-state index is 11.9. The van der Waals surface area contributed by atoms with E-state index in [4.69, 9.17) is 9.26 Å². The number of hydrogen-bond acceptors (Lipinski definition) is 6. The number of amides is 1. The van der Waals surface area contributed by atoms with Crippen molar-refractivity contribution >= 4 is 11.7 Å². The summed E-state index contributed by atoms with van der Waals surface area (Å²) < 4.78 is 10.7. The molecule has 7 heteroatoms. The Morgan fingerprint density at radius 2 is 2.08 bits per heavy atom. The van der Waals surface area contributed by atoms with Gasteiger partial charge in [0.05, 0.1) is 13.7 Å². The molecule has 0 aliphatic rings. The van der Waals surface area contributed by atoms with Crippen LogP contribution in [0.2, 0.25) is 0 Å². The van der Waals surface area contributed by atoms with Gasteiger partial charge in [-0.15, -0.1) is 0 Å². The Kier molecular flexibility index (Phi) is 5.48. The van der Waals surface area contributed by atoms with Gasteiger partial charge in [0.15, 0.2) is 5.76 Å². The normalized spacial score (nSPS) is 10.4. The van der Waals surface area contributed by atoms with E-state index in [-0.39, 0.29) is 5.91 Å². The highest BCUT2D eigenvalue weighted by Crippen LogP contribution is 2.29. The van der Waals surface area contributed by atoms with E-state index in [1.165, 1.54) is 0 Å². The molecule has 0 saturated carbocycles. The summed E-state index contributed by atoms with van der Waals surface area (Å²) in [5, 5.41) is 9.99. The lowest BCUT2D eigenvalue weighted by molar-refractivity contribution is 0.0955. The van der Waals surface area contributed by atoms with Gasteiger partial charge >= 0.3 is 0 Å². The molecule has 0 unspecified atom stereocenters. The van der Waals surface area contributed by atoms with Crippen LogP contribution < -0.4 is 15.4 Å². The Morgan fingerprint density at radius 3 is 2.88 bits per heavy atom. The molecule has 0 aliphatic heterocycles. The summed E-state index contributed by atoms with van der Waals surface area (Å²) >= 11 is 0. The summed E-state index contributed by atoms with van der Waals surface area (Å²) in [6, 6.07) is 12.8. The van der Waals surface area contributed by atoms with Crippen LogP contribution in [0.4, 0.5) is 5.82 Å². The van der Waals surface area contributed by atoms with E-state index in [0.717, 1.165) is 11.3 Å². The van der Waals surface area contributed by atoms with Crippen molar-refractivity contribution in [3.05, 3.63) is 60.0 Å². The largest absolute Gasteiger partial charge is 0.496 e. The maximum absolute atomic E-state index is 11.9. The van der Waals surface area contributed by atoms with Crippen molar-refractivity contribution in [1.82, 2.24) is 15.5 Å². The minimum Gasteiger partial charge on any atom is -0.496 e. The zero-order valence-corrected chi connectivity index (χ0v) is 14.7. The number of aromatic nitrogens is 2. The number of carbonyl (C=O) groups is 1. The summed E-state index contributed by atoms with van der Waals surface area (Å²) in [5.74, 6) is 1.84. The molecule has 26 heavy (non-hydrogen) atoms. The molecule has 0 bridgehead atoms. The van der Waals surface area contributed by atoms with Gasteiger partial charge in [-0.05, 0) is 31.2 Å². The highest BCUT2D eigenvalue weighted by atomic mass is 16.5. The van der Waals surface area contributed by atoms with Crippen LogP contribution in [0.3, 0.4) is 0 Å². The van der Waals surface area contributed by atoms with E-state index >= 15 is 0 Å². The van der Waals surface area contributed by atoms with Gasteiger partial charge in [-0.3, -0.25) is 4.79 Å². The number of ether oxygens (including phenoxy) is 1. The van der Waals surface area contributed by atoms with Gasteiger partial charge in [-0.2, -0.15) is 0 Å². The lowest BCUT2D eigenvalue weighted by atomic mass is 10.1. The van der Waals surface area contributed by atoms with Gasteiger partial charge in [0, 0.05) is 29.9 Å². The number of nitrogens with one attached hydrogen (secondary N) is 2. The molecule has 134 valence electrons. The van der Waals surface area contributed by atoms with Gasteiger partial charge in [-0.25, -0.2) is 4.98 Å². The second kappa shape index (κ2) is 8.15. The van der Waals surface area contributed by atoms with E-state index in [9.17, 15) is 4.79 Å². The third-order valence-corrected chi connectivity index (χ3v) is 3.75. The fourth-order valence-corrected chi connectivity index (χ4v) is 2.49. The van der Waals surface area contributed by atoms with Crippen molar-refractivity contribution in [3.63, 3.8) is 0 Å². The molecule has 3 aromatic rings. The predicted octanol–water partition coefficient (Wildman–Crippen LogP) is 3.11. The van der Waals surface area contributed by atoms with Crippen LogP contribution >= 0.6 is 0 Å². The molecule has 0 spiro atoms. The van der Waals surface area contributed by atoms with E-state index < -0.39 is 0 Å². The molecule has 2 N–H and O–H groups in total. The zero-order chi connectivity index (χ0) is 18.4. The van der Waals surface area contributed by atoms with Gasteiger partial charge in [0.1, 0.15) is 17.3 Å². The molecule has 0 radical (unpaired) electrons. The van der Waals surface area contributed by atoms with E-state index in [0.29, 0.717) is 35.9 Å². The summed E-state index contributed by atoms with van der Waals surface area (Å²) in [6.45, 7) is 2.85. The van der Waals surface area contributed by atoms with Crippen LogP contribution in [0.1, 0.15) is 23.0 Å². The highest BCUT2D eigenvalue weighted by molar-refractivity contribution is 5.94.